The highest BCUT2D eigenvalue weighted by atomic mass is 16.7. The second-order valence-corrected chi connectivity index (χ2v) is 5.10. The molecular weight excluding hydrogens is 304 g/mol. The van der Waals surface area contributed by atoms with Crippen LogP contribution in [0.2, 0.25) is 0 Å². The zero-order chi connectivity index (χ0) is 16.8. The lowest BCUT2D eigenvalue weighted by Gasteiger charge is -2.06. The van der Waals surface area contributed by atoms with Gasteiger partial charge in [-0.3, -0.25) is 0 Å². The number of benzene rings is 3. The number of hydrogen-bond donors (Lipinski definition) is 1. The van der Waals surface area contributed by atoms with Crippen LogP contribution in [-0.4, -0.2) is 18.4 Å². The van der Waals surface area contributed by atoms with Crippen LogP contribution >= 0.6 is 0 Å². The maximum Gasteiger partial charge on any atom is 0.372 e. The van der Waals surface area contributed by atoms with Crippen molar-refractivity contribution in [2.24, 2.45) is 10.9 Å². The smallest absolute Gasteiger partial charge is 0.372 e. The SMILES string of the molecule is N/C(=N/OC(=O)COc1ccc2ccccc2c1)c1ccccc1. The number of fused-ring (bicyclic) bond motifs is 1. The number of rotatable bonds is 5. The quantitative estimate of drug-likeness (QED) is 0.339. The van der Waals surface area contributed by atoms with Crippen molar-refractivity contribution in [2.45, 2.75) is 0 Å². The Morgan fingerprint density at radius 2 is 1.62 bits per heavy atom. The van der Waals surface area contributed by atoms with Gasteiger partial charge in [0.15, 0.2) is 12.4 Å². The summed E-state index contributed by atoms with van der Waals surface area (Å²) < 4.78 is 5.43. The van der Waals surface area contributed by atoms with E-state index in [0.29, 0.717) is 11.3 Å². The highest BCUT2D eigenvalue weighted by Gasteiger charge is 2.06. The van der Waals surface area contributed by atoms with E-state index in [4.69, 9.17) is 15.3 Å². The summed E-state index contributed by atoms with van der Waals surface area (Å²) in [5.74, 6) is 0.0994. The van der Waals surface area contributed by atoms with Crippen LogP contribution in [0.15, 0.2) is 78.0 Å². The number of hydrogen-bond acceptors (Lipinski definition) is 4. The maximum atomic E-state index is 11.7. The van der Waals surface area contributed by atoms with Gasteiger partial charge in [-0.1, -0.05) is 65.8 Å². The molecule has 2 N–H and O–H groups in total. The Bertz CT molecular complexity index is 876. The number of oxime groups is 1. The fourth-order valence-electron chi connectivity index (χ4n) is 2.19. The molecule has 0 atom stereocenters. The molecule has 0 unspecified atom stereocenters. The molecule has 0 heterocycles. The van der Waals surface area contributed by atoms with Crippen LogP contribution in [0, 0.1) is 0 Å². The maximum absolute atomic E-state index is 11.7. The van der Waals surface area contributed by atoms with E-state index in [1.807, 2.05) is 54.6 Å². The standard InChI is InChI=1S/C19H16N2O3/c20-19(15-7-2-1-3-8-15)21-24-18(22)13-23-17-11-10-14-6-4-5-9-16(14)12-17/h1-12H,13H2,(H2,20,21). The molecule has 0 spiro atoms. The van der Waals surface area contributed by atoms with Crippen LogP contribution in [0.1, 0.15) is 5.56 Å². The third-order valence-electron chi connectivity index (χ3n) is 3.39. The second-order valence-electron chi connectivity index (χ2n) is 5.10. The first-order valence-corrected chi connectivity index (χ1v) is 7.43. The summed E-state index contributed by atoms with van der Waals surface area (Å²) in [5.41, 5.74) is 6.43. The normalized spacial score (nSPS) is 11.2. The van der Waals surface area contributed by atoms with Gasteiger partial charge in [0, 0.05) is 5.56 Å². The number of ether oxygens (including phenoxy) is 1. The van der Waals surface area contributed by atoms with E-state index in [2.05, 4.69) is 5.16 Å². The van der Waals surface area contributed by atoms with Crippen molar-refractivity contribution in [2.75, 3.05) is 6.61 Å². The lowest BCUT2D eigenvalue weighted by Crippen LogP contribution is -2.17. The van der Waals surface area contributed by atoms with Gasteiger partial charge in [0.25, 0.3) is 0 Å². The van der Waals surface area contributed by atoms with Crippen molar-refractivity contribution in [3.05, 3.63) is 78.4 Å². The zero-order valence-electron chi connectivity index (χ0n) is 12.9. The molecule has 0 aliphatic rings. The van der Waals surface area contributed by atoms with Gasteiger partial charge in [0.1, 0.15) is 5.75 Å². The summed E-state index contributed by atoms with van der Waals surface area (Å²) in [6.45, 7) is -0.246. The van der Waals surface area contributed by atoms with Gasteiger partial charge in [0.05, 0.1) is 0 Å². The molecule has 3 aromatic rings. The first-order valence-electron chi connectivity index (χ1n) is 7.43. The van der Waals surface area contributed by atoms with Crippen molar-refractivity contribution in [1.82, 2.24) is 0 Å². The van der Waals surface area contributed by atoms with E-state index in [0.717, 1.165) is 10.8 Å². The van der Waals surface area contributed by atoms with Crippen LogP contribution in [0.5, 0.6) is 5.75 Å². The van der Waals surface area contributed by atoms with Crippen molar-refractivity contribution >= 4 is 22.6 Å². The van der Waals surface area contributed by atoms with E-state index in [1.165, 1.54) is 0 Å². The molecule has 0 saturated carbocycles. The van der Waals surface area contributed by atoms with Crippen LogP contribution in [0.3, 0.4) is 0 Å². The minimum absolute atomic E-state index is 0.134. The molecule has 0 aliphatic heterocycles. The van der Waals surface area contributed by atoms with Crippen molar-refractivity contribution < 1.29 is 14.4 Å². The van der Waals surface area contributed by atoms with E-state index >= 15 is 0 Å². The van der Waals surface area contributed by atoms with Gasteiger partial charge in [0.2, 0.25) is 0 Å². The Balaban J connectivity index is 1.57. The third kappa shape index (κ3) is 3.89. The van der Waals surface area contributed by atoms with Gasteiger partial charge in [-0.05, 0) is 22.9 Å². The van der Waals surface area contributed by atoms with Crippen molar-refractivity contribution in [1.29, 1.82) is 0 Å². The van der Waals surface area contributed by atoms with Crippen molar-refractivity contribution in [3.8, 4) is 5.75 Å². The lowest BCUT2D eigenvalue weighted by atomic mass is 10.1. The summed E-state index contributed by atoms with van der Waals surface area (Å²) in [4.78, 5) is 16.5. The average Bonchev–Trinajstić information content (AvgIpc) is 2.65. The first-order chi connectivity index (χ1) is 11.7. The fourth-order valence-corrected chi connectivity index (χ4v) is 2.19. The molecule has 24 heavy (non-hydrogen) atoms. The Morgan fingerprint density at radius 3 is 2.42 bits per heavy atom. The average molecular weight is 320 g/mol. The summed E-state index contributed by atoms with van der Waals surface area (Å²) in [6, 6.07) is 22.6. The van der Waals surface area contributed by atoms with E-state index in [-0.39, 0.29) is 12.4 Å². The zero-order valence-corrected chi connectivity index (χ0v) is 12.9. The Labute approximate surface area is 139 Å². The molecule has 0 aliphatic carbocycles. The van der Waals surface area contributed by atoms with Crippen LogP contribution in [0.25, 0.3) is 10.8 Å². The first kappa shape index (κ1) is 15.6. The Hall–Kier alpha value is -3.34. The number of nitrogens with zero attached hydrogens (tertiary/aromatic N) is 1. The lowest BCUT2D eigenvalue weighted by molar-refractivity contribution is -0.146. The molecular formula is C19H16N2O3. The summed E-state index contributed by atoms with van der Waals surface area (Å²) in [6.07, 6.45) is 0. The minimum atomic E-state index is -0.623. The van der Waals surface area contributed by atoms with E-state index in [9.17, 15) is 4.79 Å². The molecule has 0 fully saturated rings. The monoisotopic (exact) mass is 320 g/mol. The minimum Gasteiger partial charge on any atom is -0.482 e. The van der Waals surface area contributed by atoms with Crippen molar-refractivity contribution in [3.63, 3.8) is 0 Å². The second kappa shape index (κ2) is 7.28. The molecule has 0 bridgehead atoms. The molecule has 120 valence electrons. The molecule has 0 radical (unpaired) electrons. The third-order valence-corrected chi connectivity index (χ3v) is 3.39. The van der Waals surface area contributed by atoms with Crippen LogP contribution < -0.4 is 10.5 Å². The van der Waals surface area contributed by atoms with E-state index in [1.54, 1.807) is 18.2 Å². The molecule has 3 aromatic carbocycles. The highest BCUT2D eigenvalue weighted by Crippen LogP contribution is 2.20. The topological polar surface area (TPSA) is 73.9 Å². The summed E-state index contributed by atoms with van der Waals surface area (Å²) >= 11 is 0. The molecule has 0 saturated heterocycles. The van der Waals surface area contributed by atoms with Gasteiger partial charge in [-0.25, -0.2) is 4.79 Å². The van der Waals surface area contributed by atoms with E-state index < -0.39 is 5.97 Å². The predicted octanol–water partition coefficient (Wildman–Crippen LogP) is 3.08. The van der Waals surface area contributed by atoms with Gasteiger partial charge in [-0.2, -0.15) is 0 Å². The Kier molecular flexibility index (Phi) is 4.72. The highest BCUT2D eigenvalue weighted by molar-refractivity contribution is 5.97. The Morgan fingerprint density at radius 1 is 0.917 bits per heavy atom. The molecule has 5 heteroatoms. The molecule has 0 amide bonds. The fraction of sp³-hybridized carbons (Fsp3) is 0.0526. The summed E-state index contributed by atoms with van der Waals surface area (Å²) in [7, 11) is 0. The van der Waals surface area contributed by atoms with Gasteiger partial charge >= 0.3 is 5.97 Å². The molecule has 3 rings (SSSR count). The summed E-state index contributed by atoms with van der Waals surface area (Å²) in [5, 5.41) is 5.76. The number of carbonyl (C=O) groups is 1. The van der Waals surface area contributed by atoms with Gasteiger partial charge in [-0.15, -0.1) is 0 Å². The van der Waals surface area contributed by atoms with Gasteiger partial charge < -0.3 is 15.3 Å². The molecule has 5 nitrogen and oxygen atoms in total. The largest absolute Gasteiger partial charge is 0.482 e. The molecule has 0 aromatic heterocycles. The predicted molar refractivity (Wildman–Crippen MR) is 92.7 cm³/mol. The number of nitrogens with two attached hydrogens (primary N) is 1. The van der Waals surface area contributed by atoms with Crippen LogP contribution in [0.4, 0.5) is 0 Å². The van der Waals surface area contributed by atoms with Crippen LogP contribution in [-0.2, 0) is 9.63 Å². The number of carbonyl (C=O) groups excluding carboxylic acids is 1. The number of amidine groups is 1.